The highest BCUT2D eigenvalue weighted by Crippen LogP contribution is 2.35. The molecule has 0 aromatic heterocycles. The van der Waals surface area contributed by atoms with Gasteiger partial charge in [-0.2, -0.15) is 0 Å². The van der Waals surface area contributed by atoms with E-state index in [4.69, 9.17) is 17.3 Å². The van der Waals surface area contributed by atoms with E-state index in [1.807, 2.05) is 13.0 Å². The lowest BCUT2D eigenvalue weighted by Crippen LogP contribution is -2.29. The number of allylic oxidation sites excluding steroid dienone is 1. The summed E-state index contributed by atoms with van der Waals surface area (Å²) < 4.78 is 0.580. The number of thiocarbonyl (C=S) groups is 1. The van der Waals surface area contributed by atoms with Gasteiger partial charge in [0.2, 0.25) is 0 Å². The largest absolute Gasteiger partial charge is 0.508 e. The summed E-state index contributed by atoms with van der Waals surface area (Å²) in [5.74, 6) is -0.676. The van der Waals surface area contributed by atoms with Gasteiger partial charge in [-0.15, -0.1) is 0 Å². The van der Waals surface area contributed by atoms with Crippen LogP contribution in [0, 0.1) is 0 Å². The first-order valence-electron chi connectivity index (χ1n) is 5.65. The number of phenols is 1. The number of carboxylic acids is 1. The Hall–Kier alpha value is -1.53. The predicted molar refractivity (Wildman–Crippen MR) is 80.1 cm³/mol. The normalized spacial score (nSPS) is 17.7. The highest BCUT2D eigenvalue weighted by atomic mass is 32.2. The number of benzene rings is 1. The zero-order valence-corrected chi connectivity index (χ0v) is 11.9. The molecule has 0 atom stereocenters. The van der Waals surface area contributed by atoms with Crippen molar-refractivity contribution >= 4 is 39.8 Å². The number of aliphatic carboxylic acids is 1. The first-order valence-corrected chi connectivity index (χ1v) is 6.87. The van der Waals surface area contributed by atoms with Gasteiger partial charge in [-0.3, -0.25) is 4.79 Å². The van der Waals surface area contributed by atoms with Gasteiger partial charge in [0.15, 0.2) is 0 Å². The van der Waals surface area contributed by atoms with Gasteiger partial charge < -0.3 is 15.1 Å². The Balaban J connectivity index is 2.24. The SMILES string of the molecule is CC(=C1CN(CC(=O)O)C(=S)S1)c1cccc(O)c1. The highest BCUT2D eigenvalue weighted by molar-refractivity contribution is 8.25. The molecule has 1 aliphatic heterocycles. The fourth-order valence-corrected chi connectivity index (χ4v) is 3.21. The molecule has 1 aliphatic rings. The van der Waals surface area contributed by atoms with E-state index >= 15 is 0 Å². The summed E-state index contributed by atoms with van der Waals surface area (Å²) in [4.78, 5) is 13.4. The maximum Gasteiger partial charge on any atom is 0.323 e. The van der Waals surface area contributed by atoms with Gasteiger partial charge in [-0.1, -0.05) is 36.1 Å². The number of phenolic OH excluding ortho intramolecular Hbond substituents is 1. The second-order valence-electron chi connectivity index (χ2n) is 4.22. The Labute approximate surface area is 120 Å². The van der Waals surface area contributed by atoms with Crippen molar-refractivity contribution < 1.29 is 15.0 Å². The summed E-state index contributed by atoms with van der Waals surface area (Å²) >= 11 is 6.59. The van der Waals surface area contributed by atoms with Crippen LogP contribution in [-0.4, -0.2) is 38.5 Å². The summed E-state index contributed by atoms with van der Waals surface area (Å²) in [6.07, 6.45) is 0. The summed E-state index contributed by atoms with van der Waals surface area (Å²) in [7, 11) is 0. The first kappa shape index (κ1) is 13.9. The smallest absolute Gasteiger partial charge is 0.323 e. The van der Waals surface area contributed by atoms with Crippen LogP contribution in [0.3, 0.4) is 0 Å². The van der Waals surface area contributed by atoms with Crippen molar-refractivity contribution in [2.24, 2.45) is 0 Å². The summed E-state index contributed by atoms with van der Waals surface area (Å²) in [6.45, 7) is 2.38. The van der Waals surface area contributed by atoms with E-state index in [9.17, 15) is 9.90 Å². The number of carbonyl (C=O) groups is 1. The molecule has 19 heavy (non-hydrogen) atoms. The molecule has 1 aromatic rings. The van der Waals surface area contributed by atoms with E-state index in [-0.39, 0.29) is 12.3 Å². The Morgan fingerprint density at radius 1 is 1.53 bits per heavy atom. The molecule has 0 unspecified atom stereocenters. The zero-order valence-electron chi connectivity index (χ0n) is 10.3. The maximum absolute atomic E-state index is 10.7. The molecule has 2 N–H and O–H groups in total. The molecule has 1 aromatic carbocycles. The molecule has 6 heteroatoms. The van der Waals surface area contributed by atoms with E-state index in [2.05, 4.69) is 0 Å². The minimum absolute atomic E-state index is 0.0807. The number of rotatable bonds is 3. The molecule has 0 spiro atoms. The molecule has 100 valence electrons. The topological polar surface area (TPSA) is 60.8 Å². The van der Waals surface area contributed by atoms with Crippen molar-refractivity contribution in [1.29, 1.82) is 0 Å². The van der Waals surface area contributed by atoms with Crippen LogP contribution in [-0.2, 0) is 4.79 Å². The Kier molecular flexibility index (Phi) is 4.11. The van der Waals surface area contributed by atoms with E-state index in [1.165, 1.54) is 11.8 Å². The van der Waals surface area contributed by atoms with Crippen molar-refractivity contribution in [1.82, 2.24) is 4.90 Å². The third-order valence-corrected chi connectivity index (χ3v) is 4.45. The van der Waals surface area contributed by atoms with Crippen molar-refractivity contribution in [2.45, 2.75) is 6.92 Å². The molecular weight excluding hydrogens is 282 g/mol. The average molecular weight is 295 g/mol. The van der Waals surface area contributed by atoms with Crippen molar-refractivity contribution in [2.75, 3.05) is 13.1 Å². The van der Waals surface area contributed by atoms with Gasteiger partial charge >= 0.3 is 5.97 Å². The van der Waals surface area contributed by atoms with Crippen LogP contribution in [0.5, 0.6) is 5.75 Å². The number of hydrogen-bond donors (Lipinski definition) is 2. The number of nitrogens with zero attached hydrogens (tertiary/aromatic N) is 1. The molecule has 2 rings (SSSR count). The van der Waals surface area contributed by atoms with Gasteiger partial charge in [0.25, 0.3) is 0 Å². The van der Waals surface area contributed by atoms with Crippen LogP contribution in [0.25, 0.3) is 5.57 Å². The molecule has 1 heterocycles. The van der Waals surface area contributed by atoms with Crippen LogP contribution >= 0.6 is 24.0 Å². The van der Waals surface area contributed by atoms with E-state index in [0.29, 0.717) is 10.9 Å². The van der Waals surface area contributed by atoms with E-state index < -0.39 is 5.97 Å². The van der Waals surface area contributed by atoms with Crippen LogP contribution < -0.4 is 0 Å². The van der Waals surface area contributed by atoms with Crippen LogP contribution in [0.2, 0.25) is 0 Å². The quantitative estimate of drug-likeness (QED) is 0.836. The molecule has 1 fully saturated rings. The molecule has 0 saturated carbocycles. The fraction of sp³-hybridized carbons (Fsp3) is 0.231. The van der Waals surface area contributed by atoms with Gasteiger partial charge in [-0.05, 0) is 30.2 Å². The van der Waals surface area contributed by atoms with Crippen LogP contribution in [0.4, 0.5) is 0 Å². The Bertz CT molecular complexity index is 569. The third kappa shape index (κ3) is 3.27. The minimum atomic E-state index is -0.890. The number of aromatic hydroxyl groups is 1. The van der Waals surface area contributed by atoms with Gasteiger partial charge in [-0.25, -0.2) is 0 Å². The summed E-state index contributed by atoms with van der Waals surface area (Å²) in [6, 6.07) is 6.99. The molecule has 0 bridgehead atoms. The summed E-state index contributed by atoms with van der Waals surface area (Å²) in [5.41, 5.74) is 1.93. The summed E-state index contributed by atoms with van der Waals surface area (Å²) in [5, 5.41) is 18.3. The Morgan fingerprint density at radius 2 is 2.26 bits per heavy atom. The fourth-order valence-electron chi connectivity index (χ4n) is 1.82. The van der Waals surface area contributed by atoms with Gasteiger partial charge in [0.05, 0.1) is 6.54 Å². The van der Waals surface area contributed by atoms with Crippen LogP contribution in [0.15, 0.2) is 29.2 Å². The van der Waals surface area contributed by atoms with Crippen molar-refractivity contribution in [3.8, 4) is 5.75 Å². The third-order valence-electron chi connectivity index (χ3n) is 2.83. The second-order valence-corrected chi connectivity index (χ2v) is 5.95. The first-order chi connectivity index (χ1) is 8.97. The number of thioether (sulfide) groups is 1. The molecule has 1 saturated heterocycles. The minimum Gasteiger partial charge on any atom is -0.508 e. The van der Waals surface area contributed by atoms with Crippen molar-refractivity contribution in [3.05, 3.63) is 34.7 Å². The van der Waals surface area contributed by atoms with Crippen LogP contribution in [0.1, 0.15) is 12.5 Å². The molecule has 0 radical (unpaired) electrons. The highest BCUT2D eigenvalue weighted by Gasteiger charge is 2.25. The van der Waals surface area contributed by atoms with E-state index in [0.717, 1.165) is 16.0 Å². The lowest BCUT2D eigenvalue weighted by molar-refractivity contribution is -0.137. The van der Waals surface area contributed by atoms with Crippen molar-refractivity contribution in [3.63, 3.8) is 0 Å². The van der Waals surface area contributed by atoms with Gasteiger partial charge in [0.1, 0.15) is 16.6 Å². The number of carboxylic acid groups (broad SMARTS) is 1. The zero-order chi connectivity index (χ0) is 14.0. The average Bonchev–Trinajstić information content (AvgIpc) is 2.69. The standard InChI is InChI=1S/C13H13NO3S2/c1-8(9-3-2-4-10(15)5-9)11-6-14(7-12(16)17)13(18)19-11/h2-5,15H,6-7H2,1H3,(H,16,17). The molecular formula is C13H13NO3S2. The molecule has 4 nitrogen and oxygen atoms in total. The predicted octanol–water partition coefficient (Wildman–Crippen LogP) is 2.54. The lowest BCUT2D eigenvalue weighted by Gasteiger charge is -2.12. The monoisotopic (exact) mass is 295 g/mol. The second kappa shape index (κ2) is 5.63. The molecule has 0 aliphatic carbocycles. The number of hydrogen-bond acceptors (Lipinski definition) is 4. The van der Waals surface area contributed by atoms with E-state index in [1.54, 1.807) is 23.1 Å². The maximum atomic E-state index is 10.7. The van der Waals surface area contributed by atoms with Gasteiger partial charge in [0, 0.05) is 4.91 Å². The Morgan fingerprint density at radius 3 is 2.89 bits per heavy atom. The lowest BCUT2D eigenvalue weighted by atomic mass is 10.1. The molecule has 0 amide bonds.